The van der Waals surface area contributed by atoms with Gasteiger partial charge in [0.15, 0.2) is 6.04 Å². The molecule has 170 valence electrons. The lowest BCUT2D eigenvalue weighted by molar-refractivity contribution is -0.150. The van der Waals surface area contributed by atoms with E-state index in [1.54, 1.807) is 12.1 Å². The van der Waals surface area contributed by atoms with Crippen LogP contribution in [0.4, 0.5) is 0 Å². The fourth-order valence-electron chi connectivity index (χ4n) is 3.73. The summed E-state index contributed by atoms with van der Waals surface area (Å²) in [5, 5.41) is 24.6. The average molecular weight is 433 g/mol. The summed E-state index contributed by atoms with van der Waals surface area (Å²) in [6, 6.07) is 7.82. The van der Waals surface area contributed by atoms with Gasteiger partial charge in [-0.05, 0) is 24.8 Å². The van der Waals surface area contributed by atoms with Crippen molar-refractivity contribution in [3.05, 3.63) is 48.6 Å². The summed E-state index contributed by atoms with van der Waals surface area (Å²) >= 11 is 0. The number of ether oxygens (including phenoxy) is 1. The van der Waals surface area contributed by atoms with Crippen molar-refractivity contribution < 1.29 is 29.3 Å². The second-order valence-corrected chi connectivity index (χ2v) is 7.96. The molecule has 8 heteroatoms. The van der Waals surface area contributed by atoms with E-state index in [4.69, 9.17) is 4.74 Å². The Kier molecular flexibility index (Phi) is 9.68. The summed E-state index contributed by atoms with van der Waals surface area (Å²) in [5.41, 5.74) is 0.158. The third-order valence-electron chi connectivity index (χ3n) is 5.53. The predicted molar refractivity (Wildman–Crippen MR) is 115 cm³/mol. The maximum Gasteiger partial charge on any atom is 0.331 e. The number of nitrogens with one attached hydrogen (secondary N) is 2. The number of benzene rings is 1. The van der Waals surface area contributed by atoms with Gasteiger partial charge in [0.25, 0.3) is 0 Å². The molecule has 1 aromatic rings. The minimum absolute atomic E-state index is 0.0216. The van der Waals surface area contributed by atoms with Gasteiger partial charge in [-0.25, -0.2) is 4.79 Å². The molecular formula is C23H32N2O6. The van der Waals surface area contributed by atoms with Gasteiger partial charge < -0.3 is 25.6 Å². The van der Waals surface area contributed by atoms with Crippen LogP contribution in [0.3, 0.4) is 0 Å². The molecule has 2 unspecified atom stereocenters. The summed E-state index contributed by atoms with van der Waals surface area (Å²) in [6.45, 7) is 2.88. The summed E-state index contributed by atoms with van der Waals surface area (Å²) < 4.78 is 5.18. The largest absolute Gasteiger partial charge is 0.459 e. The molecule has 1 saturated carbocycles. The monoisotopic (exact) mass is 432 g/mol. The molecule has 0 aromatic heterocycles. The first-order valence-corrected chi connectivity index (χ1v) is 10.6. The molecule has 2 atom stereocenters. The van der Waals surface area contributed by atoms with E-state index in [2.05, 4.69) is 17.2 Å². The van der Waals surface area contributed by atoms with E-state index in [9.17, 15) is 24.6 Å². The number of rotatable bonds is 12. The number of hydrogen-bond acceptors (Lipinski definition) is 6. The van der Waals surface area contributed by atoms with E-state index in [0.29, 0.717) is 12.8 Å². The zero-order valence-electron chi connectivity index (χ0n) is 17.7. The Balaban J connectivity index is 1.91. The van der Waals surface area contributed by atoms with Crippen LogP contribution in [-0.2, 0) is 25.7 Å². The third kappa shape index (κ3) is 7.48. The quantitative estimate of drug-likeness (QED) is 0.291. The maximum atomic E-state index is 12.7. The Labute approximate surface area is 182 Å². The van der Waals surface area contributed by atoms with Crippen LogP contribution in [0.25, 0.3) is 0 Å². The molecule has 1 fully saturated rings. The molecule has 2 rings (SSSR count). The Morgan fingerprint density at radius 3 is 2.42 bits per heavy atom. The second kappa shape index (κ2) is 12.2. The van der Waals surface area contributed by atoms with Crippen LogP contribution in [0.5, 0.6) is 0 Å². The SMILES string of the molecule is C=CCC(CC(=O)NC1(CO)CCCC1)C(=O)NC(CO)C(=O)OCc1ccccc1. The molecule has 31 heavy (non-hydrogen) atoms. The molecule has 0 radical (unpaired) electrons. The molecule has 1 aliphatic rings. The molecular weight excluding hydrogens is 400 g/mol. The predicted octanol–water partition coefficient (Wildman–Crippen LogP) is 1.21. The van der Waals surface area contributed by atoms with Crippen molar-refractivity contribution in [2.45, 2.75) is 56.7 Å². The Morgan fingerprint density at radius 1 is 1.16 bits per heavy atom. The zero-order valence-corrected chi connectivity index (χ0v) is 17.7. The average Bonchev–Trinajstić information content (AvgIpc) is 3.24. The van der Waals surface area contributed by atoms with E-state index < -0.39 is 36.0 Å². The Bertz CT molecular complexity index is 746. The molecule has 0 aliphatic heterocycles. The van der Waals surface area contributed by atoms with Crippen LogP contribution in [0, 0.1) is 5.92 Å². The minimum atomic E-state index is -1.23. The zero-order chi connectivity index (χ0) is 22.7. The van der Waals surface area contributed by atoms with Gasteiger partial charge in [-0.15, -0.1) is 6.58 Å². The van der Waals surface area contributed by atoms with Gasteiger partial charge in [0, 0.05) is 6.42 Å². The minimum Gasteiger partial charge on any atom is -0.459 e. The summed E-state index contributed by atoms with van der Waals surface area (Å²) in [4.78, 5) is 37.5. The van der Waals surface area contributed by atoms with Gasteiger partial charge in [0.05, 0.1) is 24.7 Å². The van der Waals surface area contributed by atoms with Gasteiger partial charge in [-0.2, -0.15) is 0 Å². The molecule has 0 bridgehead atoms. The number of allylic oxidation sites excluding steroid dienone is 1. The summed E-state index contributed by atoms with van der Waals surface area (Å²) in [5.74, 6) is -2.40. The van der Waals surface area contributed by atoms with E-state index in [1.165, 1.54) is 6.08 Å². The molecule has 0 spiro atoms. The van der Waals surface area contributed by atoms with Crippen molar-refractivity contribution in [3.8, 4) is 0 Å². The van der Waals surface area contributed by atoms with Crippen LogP contribution >= 0.6 is 0 Å². The highest BCUT2D eigenvalue weighted by Crippen LogP contribution is 2.29. The maximum absolute atomic E-state index is 12.7. The van der Waals surface area contributed by atoms with Crippen LogP contribution in [0.2, 0.25) is 0 Å². The molecule has 0 heterocycles. The molecule has 4 N–H and O–H groups in total. The van der Waals surface area contributed by atoms with Crippen LogP contribution in [0.1, 0.15) is 44.1 Å². The normalized spacial score (nSPS) is 16.7. The van der Waals surface area contributed by atoms with Crippen molar-refractivity contribution in [2.24, 2.45) is 5.92 Å². The number of aliphatic hydroxyl groups is 2. The lowest BCUT2D eigenvalue weighted by atomic mass is 9.95. The van der Waals surface area contributed by atoms with Gasteiger partial charge in [-0.1, -0.05) is 49.2 Å². The van der Waals surface area contributed by atoms with Crippen molar-refractivity contribution in [2.75, 3.05) is 13.2 Å². The number of esters is 1. The number of aliphatic hydroxyl groups excluding tert-OH is 2. The lowest BCUT2D eigenvalue weighted by Crippen LogP contribution is -2.51. The van der Waals surface area contributed by atoms with Gasteiger partial charge in [-0.3, -0.25) is 9.59 Å². The third-order valence-corrected chi connectivity index (χ3v) is 5.53. The topological polar surface area (TPSA) is 125 Å². The fraction of sp³-hybridized carbons (Fsp3) is 0.522. The van der Waals surface area contributed by atoms with E-state index >= 15 is 0 Å². The van der Waals surface area contributed by atoms with Gasteiger partial charge in [0.2, 0.25) is 11.8 Å². The first-order chi connectivity index (χ1) is 14.9. The van der Waals surface area contributed by atoms with Crippen molar-refractivity contribution in [1.29, 1.82) is 0 Å². The van der Waals surface area contributed by atoms with Crippen LogP contribution in [-0.4, -0.2) is 52.8 Å². The van der Waals surface area contributed by atoms with Crippen LogP contribution < -0.4 is 10.6 Å². The fourth-order valence-corrected chi connectivity index (χ4v) is 3.73. The Hall–Kier alpha value is -2.71. The molecule has 1 aromatic carbocycles. The first kappa shape index (κ1) is 24.6. The van der Waals surface area contributed by atoms with Crippen molar-refractivity contribution >= 4 is 17.8 Å². The van der Waals surface area contributed by atoms with E-state index in [0.717, 1.165) is 18.4 Å². The van der Waals surface area contributed by atoms with Gasteiger partial charge in [0.1, 0.15) is 6.61 Å². The lowest BCUT2D eigenvalue weighted by Gasteiger charge is -2.29. The number of carbonyl (C=O) groups excluding carboxylic acids is 3. The molecule has 0 saturated heterocycles. The highest BCUT2D eigenvalue weighted by Gasteiger charge is 2.35. The first-order valence-electron chi connectivity index (χ1n) is 10.6. The molecule has 8 nitrogen and oxygen atoms in total. The highest BCUT2D eigenvalue weighted by atomic mass is 16.5. The van der Waals surface area contributed by atoms with Crippen LogP contribution in [0.15, 0.2) is 43.0 Å². The van der Waals surface area contributed by atoms with E-state index in [1.807, 2.05) is 18.2 Å². The Morgan fingerprint density at radius 2 is 1.84 bits per heavy atom. The standard InChI is InChI=1S/C23H32N2O6/c1-2-8-18(13-20(28)25-23(16-27)11-6-7-12-23)21(29)24-19(14-26)22(30)31-15-17-9-4-3-5-10-17/h2-5,9-10,18-19,26-27H,1,6-8,11-16H2,(H,24,29)(H,25,28). The smallest absolute Gasteiger partial charge is 0.331 e. The highest BCUT2D eigenvalue weighted by molar-refractivity contribution is 5.89. The van der Waals surface area contributed by atoms with E-state index in [-0.39, 0.29) is 32.0 Å². The summed E-state index contributed by atoms with van der Waals surface area (Å²) in [7, 11) is 0. The molecule has 1 aliphatic carbocycles. The number of hydrogen-bond donors (Lipinski definition) is 4. The second-order valence-electron chi connectivity index (χ2n) is 7.96. The van der Waals surface area contributed by atoms with Crippen molar-refractivity contribution in [3.63, 3.8) is 0 Å². The number of amides is 2. The van der Waals surface area contributed by atoms with Gasteiger partial charge >= 0.3 is 5.97 Å². The number of carbonyl (C=O) groups is 3. The van der Waals surface area contributed by atoms with Crippen molar-refractivity contribution in [1.82, 2.24) is 10.6 Å². The molecule has 2 amide bonds. The summed E-state index contributed by atoms with van der Waals surface area (Å²) in [6.07, 6.45) is 4.90.